The number of hydrogen-bond donors (Lipinski definition) is 0. The van der Waals surface area contributed by atoms with Gasteiger partial charge < -0.3 is 4.42 Å². The van der Waals surface area contributed by atoms with Gasteiger partial charge in [0.2, 0.25) is 5.89 Å². The third kappa shape index (κ3) is 3.75. The summed E-state index contributed by atoms with van der Waals surface area (Å²) in [6.45, 7) is 5.44. The molecule has 0 bridgehead atoms. The minimum atomic E-state index is -3.79. The van der Waals surface area contributed by atoms with E-state index in [9.17, 15) is 8.42 Å². The van der Waals surface area contributed by atoms with E-state index in [0.29, 0.717) is 22.9 Å². The molecule has 3 aromatic rings. The maximum atomic E-state index is 12.2. The van der Waals surface area contributed by atoms with Gasteiger partial charge in [0.15, 0.2) is 0 Å². The lowest BCUT2D eigenvalue weighted by atomic mass is 10.1. The molecule has 0 aliphatic rings. The molecule has 0 aliphatic carbocycles. The molecular weight excluding hydrogens is 418 g/mol. The summed E-state index contributed by atoms with van der Waals surface area (Å²) in [7, 11) is -3.79. The first-order valence-electron chi connectivity index (χ1n) is 8.05. The van der Waals surface area contributed by atoms with E-state index in [1.54, 1.807) is 19.1 Å². The molecule has 1 aromatic heterocycles. The molecule has 0 fully saturated rings. The molecule has 0 saturated carbocycles. The van der Waals surface area contributed by atoms with Crippen LogP contribution in [0.15, 0.2) is 56.2 Å². The zero-order valence-electron chi connectivity index (χ0n) is 14.6. The van der Waals surface area contributed by atoms with Gasteiger partial charge in [-0.2, -0.15) is 8.42 Å². The molecule has 1 heterocycles. The Labute approximate surface area is 161 Å². The molecule has 7 heteroatoms. The number of oxazole rings is 1. The summed E-state index contributed by atoms with van der Waals surface area (Å²) in [5, 5.41) is 0. The van der Waals surface area contributed by atoms with Crippen LogP contribution in [-0.2, 0) is 14.3 Å². The van der Waals surface area contributed by atoms with Crippen molar-refractivity contribution in [2.75, 3.05) is 6.61 Å². The van der Waals surface area contributed by atoms with Crippen LogP contribution in [0.5, 0.6) is 0 Å². The van der Waals surface area contributed by atoms with Crippen molar-refractivity contribution in [3.05, 3.63) is 58.3 Å². The van der Waals surface area contributed by atoms with Crippen LogP contribution in [0.1, 0.15) is 18.2 Å². The van der Waals surface area contributed by atoms with E-state index in [2.05, 4.69) is 20.9 Å². The van der Waals surface area contributed by atoms with Gasteiger partial charge in [-0.05, 0) is 56.7 Å². The van der Waals surface area contributed by atoms with Crippen molar-refractivity contribution < 1.29 is 17.0 Å². The summed E-state index contributed by atoms with van der Waals surface area (Å²) in [4.78, 5) is 4.70. The molecular formula is C19H18BrNO4S. The lowest BCUT2D eigenvalue weighted by Gasteiger charge is -2.08. The zero-order chi connectivity index (χ0) is 18.9. The van der Waals surface area contributed by atoms with Crippen molar-refractivity contribution >= 4 is 26.0 Å². The average Bonchev–Trinajstić information content (AvgIpc) is 2.97. The quantitative estimate of drug-likeness (QED) is 0.520. The standard InChI is InChI=1S/C19H18BrNO4S/c1-4-24-26(22,23)16-9-8-12(2)17(11-16)18-13(3)25-19(21-18)14-6-5-7-15(20)10-14/h5-11H,4H2,1-3H3. The predicted octanol–water partition coefficient (Wildman–Crippen LogP) is 5.11. The summed E-state index contributed by atoms with van der Waals surface area (Å²) in [6.07, 6.45) is 0. The highest BCUT2D eigenvalue weighted by Gasteiger charge is 2.20. The molecule has 3 rings (SSSR count). The summed E-state index contributed by atoms with van der Waals surface area (Å²) in [6, 6.07) is 12.5. The van der Waals surface area contributed by atoms with Crippen LogP contribution in [0.2, 0.25) is 0 Å². The van der Waals surface area contributed by atoms with Gasteiger partial charge >= 0.3 is 0 Å². The van der Waals surface area contributed by atoms with Gasteiger partial charge in [0.05, 0.1) is 11.5 Å². The van der Waals surface area contributed by atoms with Crippen LogP contribution >= 0.6 is 15.9 Å². The molecule has 0 N–H and O–H groups in total. The van der Waals surface area contributed by atoms with Gasteiger partial charge in [0.25, 0.3) is 10.1 Å². The largest absolute Gasteiger partial charge is 0.441 e. The number of rotatable bonds is 5. The lowest BCUT2D eigenvalue weighted by Crippen LogP contribution is -2.06. The molecule has 0 saturated heterocycles. The van der Waals surface area contributed by atoms with E-state index in [0.717, 1.165) is 15.6 Å². The molecule has 0 spiro atoms. The second-order valence-electron chi connectivity index (χ2n) is 5.77. The number of nitrogens with zero attached hydrogens (tertiary/aromatic N) is 1. The normalized spacial score (nSPS) is 11.7. The van der Waals surface area contributed by atoms with Crippen molar-refractivity contribution in [2.45, 2.75) is 25.7 Å². The Morgan fingerprint density at radius 3 is 2.62 bits per heavy atom. The van der Waals surface area contributed by atoms with Crippen LogP contribution in [0.4, 0.5) is 0 Å². The van der Waals surface area contributed by atoms with Gasteiger partial charge in [-0.25, -0.2) is 4.98 Å². The number of aryl methyl sites for hydroxylation is 2. The molecule has 0 atom stereocenters. The Hall–Kier alpha value is -1.96. The Bertz CT molecular complexity index is 1060. The van der Waals surface area contributed by atoms with E-state index in [1.165, 1.54) is 6.07 Å². The Balaban J connectivity index is 2.10. The minimum absolute atomic E-state index is 0.0849. The van der Waals surface area contributed by atoms with Crippen LogP contribution in [0, 0.1) is 13.8 Å². The third-order valence-electron chi connectivity index (χ3n) is 3.89. The maximum Gasteiger partial charge on any atom is 0.296 e. The molecule has 5 nitrogen and oxygen atoms in total. The van der Waals surface area contributed by atoms with E-state index in [-0.39, 0.29) is 11.5 Å². The third-order valence-corrected chi connectivity index (χ3v) is 5.76. The molecule has 0 radical (unpaired) electrons. The summed E-state index contributed by atoms with van der Waals surface area (Å²) in [5.41, 5.74) is 3.06. The van der Waals surface area contributed by atoms with Crippen LogP contribution in [-0.4, -0.2) is 20.0 Å². The van der Waals surface area contributed by atoms with Gasteiger partial charge in [0, 0.05) is 15.6 Å². The predicted molar refractivity (Wildman–Crippen MR) is 103 cm³/mol. The van der Waals surface area contributed by atoms with Crippen molar-refractivity contribution in [1.29, 1.82) is 0 Å². The summed E-state index contributed by atoms with van der Waals surface area (Å²) in [5.74, 6) is 1.10. The second kappa shape index (κ2) is 7.34. The molecule has 2 aromatic carbocycles. The van der Waals surface area contributed by atoms with Crippen LogP contribution < -0.4 is 0 Å². The van der Waals surface area contributed by atoms with E-state index < -0.39 is 10.1 Å². The fourth-order valence-corrected chi connectivity index (χ4v) is 3.97. The molecule has 136 valence electrons. The highest BCUT2D eigenvalue weighted by molar-refractivity contribution is 9.10. The highest BCUT2D eigenvalue weighted by atomic mass is 79.9. The average molecular weight is 436 g/mol. The monoisotopic (exact) mass is 435 g/mol. The van der Waals surface area contributed by atoms with Gasteiger partial charge in [-0.3, -0.25) is 4.18 Å². The van der Waals surface area contributed by atoms with E-state index in [4.69, 9.17) is 8.60 Å². The van der Waals surface area contributed by atoms with Crippen molar-refractivity contribution in [3.8, 4) is 22.7 Å². The first-order valence-corrected chi connectivity index (χ1v) is 10.3. The van der Waals surface area contributed by atoms with E-state index in [1.807, 2.05) is 38.1 Å². The maximum absolute atomic E-state index is 12.2. The Morgan fingerprint density at radius 2 is 1.92 bits per heavy atom. The number of halogens is 1. The van der Waals surface area contributed by atoms with Gasteiger partial charge in [-0.15, -0.1) is 0 Å². The molecule has 0 amide bonds. The van der Waals surface area contributed by atoms with Crippen LogP contribution in [0.3, 0.4) is 0 Å². The van der Waals surface area contributed by atoms with Crippen molar-refractivity contribution in [1.82, 2.24) is 4.98 Å². The number of benzene rings is 2. The molecule has 26 heavy (non-hydrogen) atoms. The smallest absolute Gasteiger partial charge is 0.296 e. The van der Waals surface area contributed by atoms with E-state index >= 15 is 0 Å². The first kappa shape index (κ1) is 18.8. The zero-order valence-corrected chi connectivity index (χ0v) is 17.0. The Morgan fingerprint density at radius 1 is 1.15 bits per heavy atom. The minimum Gasteiger partial charge on any atom is -0.441 e. The first-order chi connectivity index (χ1) is 12.3. The molecule has 0 aliphatic heterocycles. The summed E-state index contributed by atoms with van der Waals surface area (Å²) >= 11 is 3.44. The SMILES string of the molecule is CCOS(=O)(=O)c1ccc(C)c(-c2nc(-c3cccc(Br)c3)oc2C)c1. The topological polar surface area (TPSA) is 69.4 Å². The fraction of sp³-hybridized carbons (Fsp3) is 0.211. The Kier molecular flexibility index (Phi) is 5.32. The number of aromatic nitrogens is 1. The van der Waals surface area contributed by atoms with Crippen molar-refractivity contribution in [3.63, 3.8) is 0 Å². The van der Waals surface area contributed by atoms with Crippen molar-refractivity contribution in [2.24, 2.45) is 0 Å². The number of hydrogen-bond acceptors (Lipinski definition) is 5. The second-order valence-corrected chi connectivity index (χ2v) is 8.30. The van der Waals surface area contributed by atoms with Gasteiger partial charge in [-0.1, -0.05) is 28.1 Å². The fourth-order valence-electron chi connectivity index (χ4n) is 2.63. The lowest BCUT2D eigenvalue weighted by molar-refractivity contribution is 0.338. The summed E-state index contributed by atoms with van der Waals surface area (Å²) < 4.78 is 36.0. The molecule has 0 unspecified atom stereocenters. The van der Waals surface area contributed by atoms with Gasteiger partial charge in [0.1, 0.15) is 11.5 Å². The highest BCUT2D eigenvalue weighted by Crippen LogP contribution is 2.32. The van der Waals surface area contributed by atoms with Crippen LogP contribution in [0.25, 0.3) is 22.7 Å².